The fourth-order valence-electron chi connectivity index (χ4n) is 6.45. The minimum Gasteiger partial charge on any atom is -0.329 e. The lowest BCUT2D eigenvalue weighted by atomic mass is 9.66. The Morgan fingerprint density at radius 3 is 1.31 bits per heavy atom. The van der Waals surface area contributed by atoms with Gasteiger partial charge in [0, 0.05) is 0 Å². The zero-order chi connectivity index (χ0) is 34.5. The summed E-state index contributed by atoms with van der Waals surface area (Å²) in [6, 6.07) is 7.03. The van der Waals surface area contributed by atoms with Gasteiger partial charge in [0.05, 0.1) is 32.7 Å². The molecule has 0 spiro atoms. The number of hydrogen-bond donors (Lipinski definition) is 0. The van der Waals surface area contributed by atoms with E-state index in [0.717, 1.165) is 8.96 Å². The summed E-state index contributed by atoms with van der Waals surface area (Å²) in [5.41, 5.74) is -4.29. The van der Waals surface area contributed by atoms with Gasteiger partial charge in [-0.05, 0) is 5.46 Å². The third kappa shape index (κ3) is 3.36. The van der Waals surface area contributed by atoms with Crippen LogP contribution in [-0.2, 0) is 0 Å². The van der Waals surface area contributed by atoms with Gasteiger partial charge in [0.2, 0.25) is 0 Å². The number of fused-ring (bicyclic) bond motifs is 10. The molecule has 0 saturated heterocycles. The third-order valence-electron chi connectivity index (χ3n) is 8.49. The fourth-order valence-corrected chi connectivity index (χ4v) is 6.45. The Bertz CT molecular complexity index is 2810. The monoisotopic (exact) mass is 688 g/mol. The second-order valence-corrected chi connectivity index (χ2v) is 10.9. The summed E-state index contributed by atoms with van der Waals surface area (Å²) in [6.07, 6.45) is 0. The van der Waals surface area contributed by atoms with Crippen LogP contribution in [0.5, 0.6) is 0 Å². The van der Waals surface area contributed by atoms with E-state index in [1.807, 2.05) is 0 Å². The van der Waals surface area contributed by atoms with E-state index in [1.54, 1.807) is 0 Å². The number of hydrogen-bond acceptors (Lipinski definition) is 4. The highest BCUT2D eigenvalue weighted by molar-refractivity contribution is 6.72. The first-order valence-corrected chi connectivity index (χ1v) is 13.7. The van der Waals surface area contributed by atoms with Crippen molar-refractivity contribution in [1.82, 2.24) is 8.96 Å². The zero-order valence-electron chi connectivity index (χ0n) is 23.2. The van der Waals surface area contributed by atoms with E-state index >= 15 is 26.3 Å². The van der Waals surface area contributed by atoms with Gasteiger partial charge in [0.1, 0.15) is 22.6 Å². The summed E-state index contributed by atoms with van der Waals surface area (Å²) in [5, 5.41) is -4.71. The maximum absolute atomic E-state index is 15.7. The van der Waals surface area contributed by atoms with Crippen LogP contribution in [-0.4, -0.2) is 27.6 Å². The average Bonchev–Trinajstić information content (AvgIpc) is 3.73. The van der Waals surface area contributed by atoms with Crippen LogP contribution in [0.1, 0.15) is 11.1 Å². The van der Waals surface area contributed by atoms with E-state index < -0.39 is 144 Å². The summed E-state index contributed by atoms with van der Waals surface area (Å²) in [4.78, 5) is 15.8. The number of aromatic nitrogens is 2. The zero-order valence-corrected chi connectivity index (χ0v) is 23.2. The predicted octanol–water partition coefficient (Wildman–Crippen LogP) is 5.79. The molecule has 4 bridgehead atoms. The highest BCUT2D eigenvalue weighted by Crippen LogP contribution is 2.45. The average molecular weight is 688 g/mol. The molecule has 242 valence electrons. The molecule has 4 aromatic carbocycles. The molecule has 3 aliphatic heterocycles. The van der Waals surface area contributed by atoms with Crippen LogP contribution in [0.4, 0.5) is 64.3 Å². The quantitative estimate of drug-likeness (QED) is 0.0909. The Morgan fingerprint density at radius 1 is 0.388 bits per heavy atom. The fraction of sp³-hybridized carbons (Fsp3) is 0. The van der Waals surface area contributed by atoms with E-state index in [2.05, 4.69) is 20.0 Å². The molecule has 19 heteroatoms. The number of halogens is 12. The molecule has 0 N–H and O–H groups in total. The molecule has 0 unspecified atom stereocenters. The Balaban J connectivity index is 1.66. The van der Waals surface area contributed by atoms with Crippen molar-refractivity contribution in [2.24, 2.45) is 20.0 Å². The van der Waals surface area contributed by atoms with Gasteiger partial charge in [-0.3, -0.25) is 0 Å². The standard InChI is InChI=1S/C30H5BF12N6/c32-13-7-8(14(33)20(39)19(13)38)26-44-25(7)45-27-9-11(17(36)23(42)21(40)15(9)34)29-47-30-12-10(16(35)22(41)24(43)18(12)37)28(46-26)49(30)31(48(27)29)6-4-2-1-3-5-6/h1-5H. The Hall–Kier alpha value is -5.88. The van der Waals surface area contributed by atoms with E-state index in [0.29, 0.717) is 0 Å². The molecule has 6 nitrogen and oxygen atoms in total. The minimum atomic E-state index is -2.37. The van der Waals surface area contributed by atoms with Gasteiger partial charge in [0.25, 0.3) is 0 Å². The largest absolute Gasteiger partial charge is 0.425 e. The van der Waals surface area contributed by atoms with Crippen LogP contribution in [0.15, 0.2) is 50.3 Å². The lowest BCUT2D eigenvalue weighted by Crippen LogP contribution is -2.55. The molecule has 0 amide bonds. The maximum atomic E-state index is 15.7. The van der Waals surface area contributed by atoms with Gasteiger partial charge in [-0.25, -0.2) is 72.7 Å². The van der Waals surface area contributed by atoms with Crippen LogP contribution in [0.25, 0.3) is 21.5 Å². The van der Waals surface area contributed by atoms with Gasteiger partial charge in [0.15, 0.2) is 81.5 Å². The van der Waals surface area contributed by atoms with Crippen molar-refractivity contribution in [3.63, 3.8) is 0 Å². The second-order valence-electron chi connectivity index (χ2n) is 10.9. The molecule has 0 saturated carbocycles. The van der Waals surface area contributed by atoms with Crippen LogP contribution in [0, 0.1) is 69.8 Å². The number of aliphatic imine (C=N–C) groups is 2. The van der Waals surface area contributed by atoms with Crippen molar-refractivity contribution in [2.45, 2.75) is 0 Å². The van der Waals surface area contributed by atoms with E-state index in [4.69, 9.17) is 0 Å². The molecule has 2 aromatic heterocycles. The van der Waals surface area contributed by atoms with Gasteiger partial charge >= 0.3 is 6.98 Å². The van der Waals surface area contributed by atoms with Crippen molar-refractivity contribution in [1.29, 1.82) is 0 Å². The normalized spacial score (nSPS) is 14.2. The van der Waals surface area contributed by atoms with Crippen molar-refractivity contribution in [3.05, 3.63) is 122 Å². The number of benzene rings is 4. The lowest BCUT2D eigenvalue weighted by molar-refractivity contribution is 0.407. The van der Waals surface area contributed by atoms with Gasteiger partial charge < -0.3 is 8.96 Å². The molecule has 3 aliphatic rings. The minimum absolute atomic E-state index is 0.0313. The highest BCUT2D eigenvalue weighted by Gasteiger charge is 2.43. The summed E-state index contributed by atoms with van der Waals surface area (Å²) in [5.74, 6) is -30.7. The van der Waals surface area contributed by atoms with Crippen LogP contribution in [0.2, 0.25) is 0 Å². The van der Waals surface area contributed by atoms with Crippen molar-refractivity contribution >= 4 is 57.3 Å². The summed E-state index contributed by atoms with van der Waals surface area (Å²) in [6.45, 7) is -1.75. The SMILES string of the molecule is Fc1c(F)c(F)c2c(c1F)C1=NC2=Nc2c3c(F)c(F)c(F)c(F)c3c3n2B(c2ccccc2)n2c(c4c(F)c(F)c(F)c(F)c4c2=N3)=N1. The van der Waals surface area contributed by atoms with Crippen molar-refractivity contribution in [3.8, 4) is 0 Å². The van der Waals surface area contributed by atoms with E-state index in [-0.39, 0.29) is 5.46 Å². The molecule has 6 aromatic rings. The Kier molecular flexibility index (Phi) is 5.61. The number of amidine groups is 2. The molecular formula is C30H5BF12N6. The molecule has 49 heavy (non-hydrogen) atoms. The van der Waals surface area contributed by atoms with Crippen LogP contribution < -0.4 is 16.4 Å². The van der Waals surface area contributed by atoms with Gasteiger partial charge in [-0.2, -0.15) is 0 Å². The van der Waals surface area contributed by atoms with Crippen LogP contribution >= 0.6 is 0 Å². The smallest absolute Gasteiger partial charge is 0.329 e. The molecule has 0 fully saturated rings. The highest BCUT2D eigenvalue weighted by atomic mass is 19.2. The molecule has 9 rings (SSSR count). The van der Waals surface area contributed by atoms with Crippen molar-refractivity contribution in [2.75, 3.05) is 0 Å². The Morgan fingerprint density at radius 2 is 0.796 bits per heavy atom. The number of nitrogens with zero attached hydrogens (tertiary/aromatic N) is 6. The first-order valence-electron chi connectivity index (χ1n) is 13.7. The van der Waals surface area contributed by atoms with Gasteiger partial charge in [-0.1, -0.05) is 30.3 Å². The lowest BCUT2D eigenvalue weighted by Gasteiger charge is -2.24. The van der Waals surface area contributed by atoms with Crippen LogP contribution in [0.3, 0.4) is 0 Å². The molecular weight excluding hydrogens is 683 g/mol. The molecule has 5 heterocycles. The first-order chi connectivity index (χ1) is 23.3. The maximum Gasteiger partial charge on any atom is 0.425 e. The second kappa shape index (κ2) is 9.39. The van der Waals surface area contributed by atoms with E-state index in [1.165, 1.54) is 30.3 Å². The number of rotatable bonds is 1. The van der Waals surface area contributed by atoms with Gasteiger partial charge in [-0.15, -0.1) is 0 Å². The first kappa shape index (κ1) is 29.3. The predicted molar refractivity (Wildman–Crippen MR) is 147 cm³/mol. The van der Waals surface area contributed by atoms with Crippen molar-refractivity contribution < 1.29 is 52.7 Å². The van der Waals surface area contributed by atoms with E-state index in [9.17, 15) is 26.3 Å². The third-order valence-corrected chi connectivity index (χ3v) is 8.49. The summed E-state index contributed by atoms with van der Waals surface area (Å²) in [7, 11) is 0. The molecule has 0 aliphatic carbocycles. The molecule has 0 atom stereocenters. The summed E-state index contributed by atoms with van der Waals surface area (Å²) < 4.78 is 184. The molecule has 0 radical (unpaired) electrons. The Labute approximate surface area is 261 Å². The topological polar surface area (TPSA) is 59.3 Å². The summed E-state index contributed by atoms with van der Waals surface area (Å²) >= 11 is 0.